The van der Waals surface area contributed by atoms with Crippen molar-refractivity contribution in [3.05, 3.63) is 125 Å². The summed E-state index contributed by atoms with van der Waals surface area (Å²) in [5, 5.41) is 30.5. The predicted octanol–water partition coefficient (Wildman–Crippen LogP) is 2.49. The molecule has 8 rings (SSSR count). The molecule has 0 atom stereocenters. The molecule has 0 aliphatic carbocycles. The molecule has 0 spiro atoms. The van der Waals surface area contributed by atoms with Crippen LogP contribution in [0.25, 0.3) is 44.3 Å². The summed E-state index contributed by atoms with van der Waals surface area (Å²) in [4.78, 5) is 73.9. The highest BCUT2D eigenvalue weighted by Gasteiger charge is 2.32. The van der Waals surface area contributed by atoms with Crippen LogP contribution in [0.15, 0.2) is 92.9 Å². The van der Waals surface area contributed by atoms with Gasteiger partial charge in [0.1, 0.15) is 17.0 Å². The molecule has 0 amide bonds. The van der Waals surface area contributed by atoms with Gasteiger partial charge in [0.05, 0.1) is 37.4 Å². The van der Waals surface area contributed by atoms with Crippen LogP contribution < -0.4 is 33.9 Å². The van der Waals surface area contributed by atoms with Crippen LogP contribution in [0.3, 0.4) is 0 Å². The number of hydrogen-bond acceptors (Lipinski definition) is 14. The summed E-state index contributed by atoms with van der Waals surface area (Å²) in [6.45, 7) is 0. The zero-order valence-corrected chi connectivity index (χ0v) is 28.0. The van der Waals surface area contributed by atoms with E-state index < -0.39 is 21.2 Å². The number of carbonyl (C=O) groups excluding carboxylic acids is 1. The molecular formula is C30H20N14O7S2. The van der Waals surface area contributed by atoms with Crippen LogP contribution in [0, 0.1) is 20.2 Å². The van der Waals surface area contributed by atoms with E-state index in [1.54, 1.807) is 30.5 Å². The van der Waals surface area contributed by atoms with Crippen molar-refractivity contribution in [2.24, 2.45) is 27.5 Å². The highest BCUT2D eigenvalue weighted by molar-refractivity contribution is 7.80. The zero-order chi connectivity index (χ0) is 38.1. The lowest BCUT2D eigenvalue weighted by Crippen LogP contribution is -2.34. The summed E-state index contributed by atoms with van der Waals surface area (Å²) in [7, 11) is 0. The first-order valence-corrected chi connectivity index (χ1v) is 15.4. The number of pyridine rings is 2. The molecule has 6 heterocycles. The number of aromatic nitrogens is 6. The third kappa shape index (κ3) is 6.47. The second-order valence-electron chi connectivity index (χ2n) is 10.6. The molecular weight excluding hydrogens is 733 g/mol. The van der Waals surface area contributed by atoms with Crippen LogP contribution in [-0.4, -0.2) is 54.8 Å². The summed E-state index contributed by atoms with van der Waals surface area (Å²) >= 11 is 8.94. The third-order valence-electron chi connectivity index (χ3n) is 7.53. The Bertz CT molecular complexity index is 2890. The standard InChI is InChI=1S/C15H9N7O3S.C14H6N4O4.CH5N3S/c16-15(26)20-19-11-9-6-7(22(24)25)3-4-10(9)21-13(11)18-12-8(14(21)23)2-1-5-17-12;19-11-9-6-7(18(21)22)3-4-10(9)17-13(11)16-12-8(14(17)20)2-1-5-15-12;2-1(5)4-3/h1-6H,(H2,16,26)(H,17,18);1-6H;3H2,(H3,2,4,5). The molecule has 21 nitrogen and oxygen atoms in total. The maximum Gasteiger partial charge on any atom is 0.270 e. The van der Waals surface area contributed by atoms with Gasteiger partial charge in [0.25, 0.3) is 22.5 Å². The number of aromatic amines is 1. The number of hydrogen-bond donors (Lipinski definition) is 5. The van der Waals surface area contributed by atoms with Gasteiger partial charge in [-0.2, -0.15) is 0 Å². The fraction of sp³-hybridized carbons (Fsp3) is 0. The molecule has 0 saturated heterocycles. The van der Waals surface area contributed by atoms with Crippen molar-refractivity contribution in [1.82, 2.24) is 34.3 Å². The van der Waals surface area contributed by atoms with Crippen molar-refractivity contribution >= 4 is 96.1 Å². The van der Waals surface area contributed by atoms with Crippen molar-refractivity contribution < 1.29 is 14.6 Å². The molecule has 7 aromatic rings. The van der Waals surface area contributed by atoms with Gasteiger partial charge in [-0.1, -0.05) is 0 Å². The number of azo groups is 1. The maximum atomic E-state index is 12.9. The second-order valence-corrected chi connectivity index (χ2v) is 11.5. The van der Waals surface area contributed by atoms with Crippen LogP contribution in [0.2, 0.25) is 0 Å². The summed E-state index contributed by atoms with van der Waals surface area (Å²) in [6.07, 6.45) is 3.02. The zero-order valence-electron chi connectivity index (χ0n) is 26.4. The lowest BCUT2D eigenvalue weighted by Gasteiger charge is -2.04. The topological polar surface area (TPSA) is 316 Å². The molecule has 1 aliphatic rings. The smallest absolute Gasteiger partial charge is 0.270 e. The van der Waals surface area contributed by atoms with Gasteiger partial charge in [-0.25, -0.2) is 20.8 Å². The van der Waals surface area contributed by atoms with E-state index in [4.69, 9.17) is 23.7 Å². The number of carbonyl (C=O) groups is 1. The monoisotopic (exact) mass is 752 g/mol. The number of rotatable bonds is 3. The molecule has 2 aromatic carbocycles. The average Bonchev–Trinajstić information content (AvgIpc) is 3.61. The normalized spacial score (nSPS) is 11.5. The van der Waals surface area contributed by atoms with Gasteiger partial charge in [-0.3, -0.25) is 43.6 Å². The van der Waals surface area contributed by atoms with E-state index in [1.807, 2.05) is 5.43 Å². The maximum absolute atomic E-state index is 12.9. The minimum absolute atomic E-state index is 0.0771. The van der Waals surface area contributed by atoms with Gasteiger partial charge in [-0.15, -0.1) is 10.2 Å². The quantitative estimate of drug-likeness (QED) is 0.0569. The largest absolute Gasteiger partial charge is 0.375 e. The lowest BCUT2D eigenvalue weighted by molar-refractivity contribution is -0.385. The average molecular weight is 753 g/mol. The number of fused-ring (bicyclic) bond motifs is 8. The van der Waals surface area contributed by atoms with Gasteiger partial charge in [-0.05, 0) is 60.8 Å². The van der Waals surface area contributed by atoms with Crippen molar-refractivity contribution in [3.8, 4) is 5.69 Å². The molecule has 0 radical (unpaired) electrons. The highest BCUT2D eigenvalue weighted by atomic mass is 32.1. The van der Waals surface area contributed by atoms with E-state index in [0.29, 0.717) is 27.6 Å². The van der Waals surface area contributed by atoms with Crippen molar-refractivity contribution in [3.63, 3.8) is 0 Å². The van der Waals surface area contributed by atoms with E-state index in [1.165, 1.54) is 45.5 Å². The molecule has 264 valence electrons. The number of benzene rings is 2. The van der Waals surface area contributed by atoms with Gasteiger partial charge in [0.2, 0.25) is 10.9 Å². The van der Waals surface area contributed by atoms with Crippen LogP contribution in [0.1, 0.15) is 16.2 Å². The van der Waals surface area contributed by atoms with E-state index in [0.717, 1.165) is 6.07 Å². The molecule has 1 aliphatic heterocycles. The predicted molar refractivity (Wildman–Crippen MR) is 198 cm³/mol. The molecule has 0 unspecified atom stereocenters. The Kier molecular flexibility index (Phi) is 9.35. The number of nitro groups is 2. The number of H-pyrrole nitrogens is 1. The van der Waals surface area contributed by atoms with Crippen molar-refractivity contribution in [2.75, 3.05) is 0 Å². The Labute approximate surface area is 303 Å². The van der Waals surface area contributed by atoms with E-state index in [9.17, 15) is 34.6 Å². The Balaban J connectivity index is 0.000000163. The first-order valence-electron chi connectivity index (χ1n) is 14.6. The van der Waals surface area contributed by atoms with E-state index in [-0.39, 0.29) is 60.9 Å². The first kappa shape index (κ1) is 35.3. The number of nitrogens with zero attached hydrogens (tertiary/aromatic N) is 9. The summed E-state index contributed by atoms with van der Waals surface area (Å²) < 4.78 is 2.54. The minimum atomic E-state index is -0.592. The van der Waals surface area contributed by atoms with Crippen molar-refractivity contribution in [1.29, 1.82) is 0 Å². The molecule has 8 N–H and O–H groups in total. The molecule has 0 saturated carbocycles. The Hall–Kier alpha value is -7.50. The molecule has 0 bridgehead atoms. The Morgan fingerprint density at radius 2 is 1.51 bits per heavy atom. The Morgan fingerprint density at radius 1 is 0.868 bits per heavy atom. The van der Waals surface area contributed by atoms with Gasteiger partial charge >= 0.3 is 0 Å². The third-order valence-corrected chi connectivity index (χ3v) is 7.73. The molecule has 53 heavy (non-hydrogen) atoms. The fourth-order valence-corrected chi connectivity index (χ4v) is 5.38. The second kappa shape index (κ2) is 14.0. The van der Waals surface area contributed by atoms with Crippen LogP contribution in [0.4, 0.5) is 17.1 Å². The molecule has 5 aromatic heterocycles. The minimum Gasteiger partial charge on any atom is -0.375 e. The number of hydrazine groups is 1. The number of ketones is 1. The van der Waals surface area contributed by atoms with Gasteiger partial charge < -0.3 is 21.9 Å². The fourth-order valence-electron chi connectivity index (χ4n) is 5.34. The Morgan fingerprint density at radius 3 is 2.17 bits per heavy atom. The number of nitrogens with two attached hydrogens (primary N) is 3. The summed E-state index contributed by atoms with van der Waals surface area (Å²) in [5.41, 5.74) is 12.9. The highest BCUT2D eigenvalue weighted by Crippen LogP contribution is 2.35. The van der Waals surface area contributed by atoms with E-state index >= 15 is 0 Å². The molecule has 0 fully saturated rings. The number of thiocarbonyl (C=S) groups is 2. The first-order chi connectivity index (χ1) is 25.3. The SMILES string of the molecule is NC(=S)N=Nc1c2cc([N+](=O)[O-])ccc2n2c(=O)c3cccnc3[nH]c12.NNC(N)=S.O=C1c2cc([N+](=O)[O-])ccc2-n2c1nc1ncccc1c2=O. The number of nitro benzene ring substituents is 2. The summed E-state index contributed by atoms with van der Waals surface area (Å²) in [6, 6.07) is 14.4. The summed E-state index contributed by atoms with van der Waals surface area (Å²) in [5.74, 6) is 4.05. The number of nitrogens with one attached hydrogen (secondary N) is 2. The van der Waals surface area contributed by atoms with Crippen LogP contribution in [-0.2, 0) is 0 Å². The number of non-ortho nitro benzene ring substituents is 2. The van der Waals surface area contributed by atoms with Gasteiger partial charge in [0.15, 0.2) is 16.6 Å². The van der Waals surface area contributed by atoms with Crippen LogP contribution in [0.5, 0.6) is 0 Å². The van der Waals surface area contributed by atoms with Gasteiger partial charge in [0, 0.05) is 42.0 Å². The lowest BCUT2D eigenvalue weighted by atomic mass is 10.1. The van der Waals surface area contributed by atoms with Crippen LogP contribution >= 0.6 is 24.4 Å². The molecule has 23 heteroatoms. The van der Waals surface area contributed by atoms with E-state index in [2.05, 4.69) is 48.2 Å². The van der Waals surface area contributed by atoms with Crippen molar-refractivity contribution in [2.45, 2.75) is 0 Å².